The van der Waals surface area contributed by atoms with Gasteiger partial charge in [-0.3, -0.25) is 14.5 Å². The fourth-order valence-corrected chi connectivity index (χ4v) is 5.00. The van der Waals surface area contributed by atoms with Gasteiger partial charge in [0.1, 0.15) is 17.7 Å². The van der Waals surface area contributed by atoms with Gasteiger partial charge >= 0.3 is 0 Å². The Kier molecular flexibility index (Phi) is 8.52. The Morgan fingerprint density at radius 2 is 1.86 bits per heavy atom. The van der Waals surface area contributed by atoms with Crippen LogP contribution in [0.5, 0.6) is 0 Å². The van der Waals surface area contributed by atoms with Crippen LogP contribution in [-0.4, -0.2) is 27.4 Å². The second-order valence-electron chi connectivity index (χ2n) is 8.65. The van der Waals surface area contributed by atoms with Crippen LogP contribution in [0.25, 0.3) is 0 Å². The summed E-state index contributed by atoms with van der Waals surface area (Å²) in [6.07, 6.45) is 6.33. The SMILES string of the molecule is N#Cc1cccc(N(C(=O)Cn2cnc(Cl)c2Cl)C(C(=O)NC2CCCCC2)c2ccccc2Cl)c1. The summed E-state index contributed by atoms with van der Waals surface area (Å²) in [5.41, 5.74) is 1.20. The third kappa shape index (κ3) is 5.84. The van der Waals surface area contributed by atoms with E-state index in [1.807, 2.05) is 0 Å². The number of nitrogens with zero attached hydrogens (tertiary/aromatic N) is 4. The summed E-state index contributed by atoms with van der Waals surface area (Å²) < 4.78 is 1.40. The molecule has 1 aliphatic rings. The maximum Gasteiger partial charge on any atom is 0.248 e. The fourth-order valence-electron chi connectivity index (χ4n) is 4.46. The Hall–Kier alpha value is -3.05. The van der Waals surface area contributed by atoms with Crippen molar-refractivity contribution in [3.8, 4) is 6.07 Å². The molecule has 10 heteroatoms. The summed E-state index contributed by atoms with van der Waals surface area (Å²) in [6.45, 7) is -0.229. The highest BCUT2D eigenvalue weighted by Gasteiger charge is 2.35. The second kappa shape index (κ2) is 11.8. The molecule has 0 radical (unpaired) electrons. The number of imidazole rings is 1. The minimum Gasteiger partial charge on any atom is -0.351 e. The summed E-state index contributed by atoms with van der Waals surface area (Å²) in [6, 6.07) is 14.5. The van der Waals surface area contributed by atoms with E-state index in [-0.39, 0.29) is 28.8 Å². The summed E-state index contributed by atoms with van der Waals surface area (Å²) >= 11 is 18.8. The molecule has 3 aromatic rings. The van der Waals surface area contributed by atoms with Crippen molar-refractivity contribution in [3.05, 3.63) is 81.3 Å². The van der Waals surface area contributed by atoms with E-state index in [4.69, 9.17) is 34.8 Å². The standard InChI is InChI=1S/C26H24Cl3N5O2/c27-21-12-5-4-11-20(21)23(26(36)32-18-8-2-1-3-9-18)34(19-10-6-7-17(13-19)14-30)22(35)15-33-16-31-24(28)25(33)29/h4-7,10-13,16,18,23H,1-3,8-9,15H2,(H,32,36). The monoisotopic (exact) mass is 543 g/mol. The third-order valence-corrected chi connectivity index (χ3v) is 7.33. The van der Waals surface area contributed by atoms with Gasteiger partial charge in [0.2, 0.25) is 11.8 Å². The maximum atomic E-state index is 13.9. The zero-order chi connectivity index (χ0) is 25.7. The van der Waals surface area contributed by atoms with Crippen molar-refractivity contribution in [3.63, 3.8) is 0 Å². The van der Waals surface area contributed by atoms with E-state index < -0.39 is 11.9 Å². The summed E-state index contributed by atoms with van der Waals surface area (Å²) in [7, 11) is 0. The average molecular weight is 545 g/mol. The number of aromatic nitrogens is 2. The number of amides is 2. The zero-order valence-electron chi connectivity index (χ0n) is 19.3. The Morgan fingerprint density at radius 3 is 2.53 bits per heavy atom. The van der Waals surface area contributed by atoms with Gasteiger partial charge in [0.25, 0.3) is 0 Å². The Morgan fingerprint density at radius 1 is 1.11 bits per heavy atom. The van der Waals surface area contributed by atoms with Crippen LogP contribution < -0.4 is 10.2 Å². The second-order valence-corrected chi connectivity index (χ2v) is 9.77. The number of nitrogens with one attached hydrogen (secondary N) is 1. The lowest BCUT2D eigenvalue weighted by molar-refractivity contribution is -0.127. The molecule has 186 valence electrons. The van der Waals surface area contributed by atoms with Gasteiger partial charge < -0.3 is 9.88 Å². The van der Waals surface area contributed by atoms with E-state index in [9.17, 15) is 14.9 Å². The largest absolute Gasteiger partial charge is 0.351 e. The molecule has 0 bridgehead atoms. The molecule has 7 nitrogen and oxygen atoms in total. The number of hydrogen-bond donors (Lipinski definition) is 1. The molecule has 0 aliphatic heterocycles. The van der Waals surface area contributed by atoms with Gasteiger partial charge in [0, 0.05) is 22.3 Å². The number of halogens is 3. The van der Waals surface area contributed by atoms with Crippen molar-refractivity contribution in [2.75, 3.05) is 4.90 Å². The van der Waals surface area contributed by atoms with E-state index in [1.165, 1.54) is 15.8 Å². The molecule has 2 amide bonds. The number of carbonyl (C=O) groups is 2. The van der Waals surface area contributed by atoms with Crippen LogP contribution in [-0.2, 0) is 16.1 Å². The first-order valence-corrected chi connectivity index (χ1v) is 12.8. The number of benzene rings is 2. The average Bonchev–Trinajstić information content (AvgIpc) is 3.20. The van der Waals surface area contributed by atoms with E-state index >= 15 is 0 Å². The van der Waals surface area contributed by atoms with Gasteiger partial charge in [-0.05, 0) is 37.1 Å². The van der Waals surface area contributed by atoms with Gasteiger partial charge in [-0.15, -0.1) is 0 Å². The third-order valence-electron chi connectivity index (χ3n) is 6.22. The molecule has 1 aromatic heterocycles. The minimum atomic E-state index is -1.08. The molecular weight excluding hydrogens is 521 g/mol. The van der Waals surface area contributed by atoms with Crippen molar-refractivity contribution in [1.29, 1.82) is 5.26 Å². The molecule has 1 N–H and O–H groups in total. The van der Waals surface area contributed by atoms with Crippen molar-refractivity contribution < 1.29 is 9.59 Å². The van der Waals surface area contributed by atoms with Gasteiger partial charge in [0.15, 0.2) is 5.15 Å². The highest BCUT2D eigenvalue weighted by atomic mass is 35.5. The van der Waals surface area contributed by atoms with Gasteiger partial charge in [-0.1, -0.05) is 78.3 Å². The van der Waals surface area contributed by atoms with Crippen LogP contribution in [0, 0.1) is 11.3 Å². The van der Waals surface area contributed by atoms with Crippen molar-refractivity contribution in [1.82, 2.24) is 14.9 Å². The lowest BCUT2D eigenvalue weighted by Gasteiger charge is -2.34. The van der Waals surface area contributed by atoms with Crippen LogP contribution in [0.15, 0.2) is 54.9 Å². The molecule has 1 saturated carbocycles. The smallest absolute Gasteiger partial charge is 0.248 e. The Bertz CT molecular complexity index is 1300. The first kappa shape index (κ1) is 26.0. The molecule has 1 heterocycles. The number of hydrogen-bond acceptors (Lipinski definition) is 4. The maximum absolute atomic E-state index is 13.9. The van der Waals surface area contributed by atoms with Crippen molar-refractivity contribution in [2.24, 2.45) is 0 Å². The molecule has 1 unspecified atom stereocenters. The molecule has 4 rings (SSSR count). The quantitative estimate of drug-likeness (QED) is 0.399. The van der Waals surface area contributed by atoms with Gasteiger partial charge in [-0.2, -0.15) is 5.26 Å². The molecule has 1 aliphatic carbocycles. The lowest BCUT2D eigenvalue weighted by Crippen LogP contribution is -2.48. The topological polar surface area (TPSA) is 91.0 Å². The summed E-state index contributed by atoms with van der Waals surface area (Å²) in [5.74, 6) is -0.801. The van der Waals surface area contributed by atoms with Crippen molar-refractivity contribution >= 4 is 52.3 Å². The van der Waals surface area contributed by atoms with E-state index in [0.29, 0.717) is 21.8 Å². The highest BCUT2D eigenvalue weighted by molar-refractivity contribution is 6.40. The predicted octanol–water partition coefficient (Wildman–Crippen LogP) is 5.94. The van der Waals surface area contributed by atoms with Crippen LogP contribution >= 0.6 is 34.8 Å². The summed E-state index contributed by atoms with van der Waals surface area (Å²) in [5, 5.41) is 13.1. The molecule has 1 fully saturated rings. The Balaban J connectivity index is 1.80. The first-order chi connectivity index (χ1) is 17.4. The Labute approximate surface area is 224 Å². The lowest BCUT2D eigenvalue weighted by atomic mass is 9.94. The molecule has 0 spiro atoms. The van der Waals surface area contributed by atoms with Gasteiger partial charge in [-0.25, -0.2) is 4.98 Å². The molecule has 1 atom stereocenters. The number of anilines is 1. The number of nitriles is 1. The highest BCUT2D eigenvalue weighted by Crippen LogP contribution is 2.34. The molecule has 0 saturated heterocycles. The van der Waals surface area contributed by atoms with Crippen LogP contribution in [0.1, 0.15) is 49.3 Å². The first-order valence-electron chi connectivity index (χ1n) is 11.6. The van der Waals surface area contributed by atoms with E-state index in [1.54, 1.807) is 48.5 Å². The fraction of sp³-hybridized carbons (Fsp3) is 0.308. The van der Waals surface area contributed by atoms with Crippen LogP contribution in [0.4, 0.5) is 5.69 Å². The predicted molar refractivity (Wildman–Crippen MR) is 140 cm³/mol. The number of rotatable bonds is 7. The van der Waals surface area contributed by atoms with E-state index in [2.05, 4.69) is 16.4 Å². The molecule has 2 aromatic carbocycles. The normalized spacial score (nSPS) is 14.6. The summed E-state index contributed by atoms with van der Waals surface area (Å²) in [4.78, 5) is 33.0. The van der Waals surface area contributed by atoms with Crippen LogP contribution in [0.3, 0.4) is 0 Å². The molecular formula is C26H24Cl3N5O2. The molecule has 36 heavy (non-hydrogen) atoms. The number of carbonyl (C=O) groups excluding carboxylic acids is 2. The van der Waals surface area contributed by atoms with Gasteiger partial charge in [0.05, 0.1) is 18.0 Å². The zero-order valence-corrected chi connectivity index (χ0v) is 21.6. The minimum absolute atomic E-state index is 0.0144. The van der Waals surface area contributed by atoms with Crippen molar-refractivity contribution in [2.45, 2.75) is 50.7 Å². The van der Waals surface area contributed by atoms with E-state index in [0.717, 1.165) is 32.1 Å². The van der Waals surface area contributed by atoms with Crippen LogP contribution in [0.2, 0.25) is 15.3 Å².